The fourth-order valence-corrected chi connectivity index (χ4v) is 8.10. The van der Waals surface area contributed by atoms with Gasteiger partial charge >= 0.3 is 22.6 Å². The van der Waals surface area contributed by atoms with Crippen LogP contribution in [0.3, 0.4) is 0 Å². The van der Waals surface area contributed by atoms with Gasteiger partial charge in [-0.05, 0) is 68.6 Å². The molecule has 1 unspecified atom stereocenters. The molecule has 3 aliphatic carbocycles. The van der Waals surface area contributed by atoms with Gasteiger partial charge in [-0.3, -0.25) is 18.6 Å². The lowest BCUT2D eigenvalue weighted by molar-refractivity contribution is -0.143. The summed E-state index contributed by atoms with van der Waals surface area (Å²) in [5.74, 6) is -3.38. The number of hydrogen-bond acceptors (Lipinski definition) is 10. The molecule has 1 saturated heterocycles. The van der Waals surface area contributed by atoms with E-state index in [-0.39, 0.29) is 42.1 Å². The molecule has 1 aromatic carbocycles. The summed E-state index contributed by atoms with van der Waals surface area (Å²) in [6, 6.07) is 2.23. The zero-order valence-corrected chi connectivity index (χ0v) is 30.9. The fourth-order valence-electron chi connectivity index (χ4n) is 7.09. The number of benzene rings is 1. The molecule has 294 valence electrons. The highest BCUT2D eigenvalue weighted by Gasteiger charge is 2.62. The van der Waals surface area contributed by atoms with Gasteiger partial charge in [0.25, 0.3) is 5.91 Å². The van der Waals surface area contributed by atoms with E-state index in [1.54, 1.807) is 20.8 Å². The minimum absolute atomic E-state index is 0.00819. The maximum Gasteiger partial charge on any atom is 0.417 e. The lowest BCUT2D eigenvalue weighted by atomic mass is 9.85. The number of nitrogens with zero attached hydrogens (tertiary/aromatic N) is 2. The van der Waals surface area contributed by atoms with Gasteiger partial charge < -0.3 is 25.0 Å². The standard InChI is InChI=1S/C36H44F3N5O9S/c1-5-20-18-35(20,32(47)43-54(49,50)53-22-13-14-22)42-29(45)27-17-23(51-30-25-11-8-12-26(36(37,38)39)24(25)15-16-40-30)19-44(27)31(46)28(34(2,3)4)41-33(48)52-21-9-6-7-10-21/h5,8,11-12,15-16,20-23,27-28H,1,6-7,9-10,13-14,17-19H2,2-4H3,(H,41,48)(H,42,45)(H,43,47)/t20-,23-,27+,28-,35?/m1/s1. The Hall–Kier alpha value is -4.45. The number of halogens is 3. The minimum atomic E-state index is -4.66. The molecule has 6 rings (SSSR count). The van der Waals surface area contributed by atoms with Crippen LogP contribution >= 0.6 is 0 Å². The average Bonchev–Trinajstić information content (AvgIpc) is 3.91. The SMILES string of the molecule is C=C[C@@H]1CC1(NC(=O)[C@@H]1C[C@@H](Oc2nccc3c(C(F)(F)F)cccc23)CN1C(=O)[C@@H](NC(=O)OC1CCCC1)C(C)(C)C)C(=O)NS(=O)(=O)OC1CC1. The topological polar surface area (TPSA) is 182 Å². The van der Waals surface area contributed by atoms with Gasteiger partial charge in [0.15, 0.2) is 0 Å². The molecule has 1 aliphatic heterocycles. The van der Waals surface area contributed by atoms with E-state index in [1.807, 2.05) is 4.72 Å². The zero-order chi connectivity index (χ0) is 39.2. The van der Waals surface area contributed by atoms with Gasteiger partial charge in [-0.1, -0.05) is 32.9 Å². The number of alkyl halides is 3. The van der Waals surface area contributed by atoms with E-state index in [1.165, 1.54) is 29.2 Å². The highest BCUT2D eigenvalue weighted by molar-refractivity contribution is 7.85. The number of carbonyl (C=O) groups is 4. The van der Waals surface area contributed by atoms with Gasteiger partial charge in [0.05, 0.1) is 18.2 Å². The van der Waals surface area contributed by atoms with Crippen LogP contribution in [-0.4, -0.2) is 84.6 Å². The molecule has 4 amide bonds. The number of ether oxygens (including phenoxy) is 2. The molecule has 2 aromatic rings. The summed E-state index contributed by atoms with van der Waals surface area (Å²) in [6.45, 7) is 8.58. The van der Waals surface area contributed by atoms with Crippen molar-refractivity contribution in [3.05, 3.63) is 48.7 Å². The van der Waals surface area contributed by atoms with Gasteiger partial charge in [0, 0.05) is 29.3 Å². The Bertz CT molecular complexity index is 1930. The Morgan fingerprint density at radius 2 is 1.72 bits per heavy atom. The molecule has 54 heavy (non-hydrogen) atoms. The molecular formula is C36H44F3N5O9S. The summed E-state index contributed by atoms with van der Waals surface area (Å²) in [5, 5.41) is 5.21. The molecule has 2 heterocycles. The van der Waals surface area contributed by atoms with Crippen LogP contribution in [0.25, 0.3) is 10.8 Å². The number of nitrogens with one attached hydrogen (secondary N) is 3. The number of alkyl carbamates (subject to hydrolysis) is 1. The van der Waals surface area contributed by atoms with E-state index in [0.717, 1.165) is 25.1 Å². The highest BCUT2D eigenvalue weighted by atomic mass is 32.2. The number of aromatic nitrogens is 1. The molecule has 18 heteroatoms. The number of amides is 4. The first-order valence-electron chi connectivity index (χ1n) is 17.9. The predicted molar refractivity (Wildman–Crippen MR) is 187 cm³/mol. The van der Waals surface area contributed by atoms with E-state index in [2.05, 4.69) is 22.2 Å². The zero-order valence-electron chi connectivity index (χ0n) is 30.1. The Morgan fingerprint density at radius 1 is 1.02 bits per heavy atom. The first-order valence-corrected chi connectivity index (χ1v) is 19.3. The molecule has 5 atom stereocenters. The molecule has 0 bridgehead atoms. The van der Waals surface area contributed by atoms with Crippen molar-refractivity contribution >= 4 is 44.9 Å². The second kappa shape index (κ2) is 14.7. The van der Waals surface area contributed by atoms with Crippen molar-refractivity contribution < 1.29 is 54.4 Å². The largest absolute Gasteiger partial charge is 0.472 e. The van der Waals surface area contributed by atoms with Crippen LogP contribution in [0, 0.1) is 11.3 Å². The summed E-state index contributed by atoms with van der Waals surface area (Å²) in [7, 11) is -4.49. The normalized spacial score (nSPS) is 25.1. The Labute approximate surface area is 310 Å². The number of hydrogen-bond donors (Lipinski definition) is 3. The summed E-state index contributed by atoms with van der Waals surface area (Å²) >= 11 is 0. The van der Waals surface area contributed by atoms with E-state index in [4.69, 9.17) is 13.7 Å². The van der Waals surface area contributed by atoms with Crippen molar-refractivity contribution in [1.82, 2.24) is 25.2 Å². The van der Waals surface area contributed by atoms with E-state index in [9.17, 15) is 40.8 Å². The molecule has 4 fully saturated rings. The number of rotatable bonds is 12. The summed E-state index contributed by atoms with van der Waals surface area (Å²) < 4.78 is 85.1. The highest BCUT2D eigenvalue weighted by Crippen LogP contribution is 2.45. The van der Waals surface area contributed by atoms with Crippen LogP contribution in [-0.2, 0) is 39.8 Å². The van der Waals surface area contributed by atoms with Gasteiger partial charge in [-0.15, -0.1) is 6.58 Å². The summed E-state index contributed by atoms with van der Waals surface area (Å²) in [4.78, 5) is 60.5. The second-order valence-electron chi connectivity index (χ2n) is 15.4. The third-order valence-corrected chi connectivity index (χ3v) is 11.2. The monoisotopic (exact) mass is 779 g/mol. The van der Waals surface area contributed by atoms with Crippen LogP contribution in [0.15, 0.2) is 43.1 Å². The average molecular weight is 780 g/mol. The van der Waals surface area contributed by atoms with Crippen molar-refractivity contribution in [1.29, 1.82) is 0 Å². The molecule has 14 nitrogen and oxygen atoms in total. The molecular weight excluding hydrogens is 735 g/mol. The number of likely N-dealkylation sites (tertiary alicyclic amines) is 1. The van der Waals surface area contributed by atoms with Gasteiger partial charge in [-0.25, -0.2) is 14.5 Å². The van der Waals surface area contributed by atoms with Crippen molar-refractivity contribution in [3.8, 4) is 5.88 Å². The number of pyridine rings is 1. The lowest BCUT2D eigenvalue weighted by Gasteiger charge is -2.35. The van der Waals surface area contributed by atoms with Crippen LogP contribution in [0.1, 0.15) is 77.7 Å². The first-order chi connectivity index (χ1) is 25.3. The summed E-state index contributed by atoms with van der Waals surface area (Å²) in [6.07, 6.45) is -0.707. The molecule has 1 aromatic heterocycles. The minimum Gasteiger partial charge on any atom is -0.472 e. The van der Waals surface area contributed by atoms with E-state index >= 15 is 0 Å². The Kier molecular flexibility index (Phi) is 10.7. The molecule has 0 spiro atoms. The molecule has 0 radical (unpaired) electrons. The quantitative estimate of drug-likeness (QED) is 0.263. The molecule has 4 aliphatic rings. The van der Waals surface area contributed by atoms with Gasteiger partial charge in [-0.2, -0.15) is 21.6 Å². The smallest absolute Gasteiger partial charge is 0.417 e. The molecule has 3 N–H and O–H groups in total. The summed E-state index contributed by atoms with van der Waals surface area (Å²) in [5.41, 5.74) is -3.53. The van der Waals surface area contributed by atoms with E-state index < -0.39 is 87.0 Å². The van der Waals surface area contributed by atoms with E-state index in [0.29, 0.717) is 25.7 Å². The lowest BCUT2D eigenvalue weighted by Crippen LogP contribution is -2.60. The van der Waals surface area contributed by atoms with Crippen molar-refractivity contribution in [2.75, 3.05) is 6.54 Å². The number of carbonyl (C=O) groups excluding carboxylic acids is 4. The van der Waals surface area contributed by atoms with Crippen molar-refractivity contribution in [3.63, 3.8) is 0 Å². The van der Waals surface area contributed by atoms with Crippen LogP contribution < -0.4 is 20.1 Å². The van der Waals surface area contributed by atoms with Crippen LogP contribution in [0.5, 0.6) is 5.88 Å². The second-order valence-corrected chi connectivity index (χ2v) is 16.7. The van der Waals surface area contributed by atoms with Crippen LogP contribution in [0.2, 0.25) is 0 Å². The molecule has 3 saturated carbocycles. The van der Waals surface area contributed by atoms with Crippen LogP contribution in [0.4, 0.5) is 18.0 Å². The third kappa shape index (κ3) is 8.59. The maximum atomic E-state index is 14.5. The Balaban J connectivity index is 1.28. The van der Waals surface area contributed by atoms with Crippen molar-refractivity contribution in [2.24, 2.45) is 11.3 Å². The number of fused-ring (bicyclic) bond motifs is 1. The van der Waals surface area contributed by atoms with Crippen molar-refractivity contribution in [2.45, 2.75) is 114 Å². The van der Waals surface area contributed by atoms with Gasteiger partial charge in [0.2, 0.25) is 17.7 Å². The first kappa shape index (κ1) is 39.2. The van der Waals surface area contributed by atoms with Gasteiger partial charge in [0.1, 0.15) is 29.8 Å². The predicted octanol–water partition coefficient (Wildman–Crippen LogP) is 4.29. The fraction of sp³-hybridized carbons (Fsp3) is 0.583. The Morgan fingerprint density at radius 3 is 2.33 bits per heavy atom. The maximum absolute atomic E-state index is 14.5. The third-order valence-electron chi connectivity index (χ3n) is 10.2.